The third kappa shape index (κ3) is 5.76. The Morgan fingerprint density at radius 1 is 0.938 bits per heavy atom. The molecule has 2 aromatic rings. The second-order valence-electron chi connectivity index (χ2n) is 10.8. The maximum atomic E-state index is 6.57. The molecule has 3 unspecified atom stereocenters. The zero-order valence-corrected chi connectivity index (χ0v) is 21.5. The lowest BCUT2D eigenvalue weighted by molar-refractivity contribution is 0.156. The van der Waals surface area contributed by atoms with Crippen LogP contribution in [-0.4, -0.2) is 13.1 Å². The van der Waals surface area contributed by atoms with Gasteiger partial charge in [0, 0.05) is 5.92 Å². The van der Waals surface area contributed by atoms with Crippen LogP contribution in [0, 0.1) is 17.8 Å². The SMILES string of the molecule is CCC1CNCC1CC.CCc1ccc(OC2c3ccccc3C[C@H]2C)c(C(C)(C)C)c1. The maximum Gasteiger partial charge on any atom is 0.127 e. The van der Waals surface area contributed by atoms with Crippen molar-refractivity contribution in [2.75, 3.05) is 13.1 Å². The van der Waals surface area contributed by atoms with Gasteiger partial charge >= 0.3 is 0 Å². The Morgan fingerprint density at radius 3 is 2.19 bits per heavy atom. The van der Waals surface area contributed by atoms with E-state index < -0.39 is 0 Å². The average Bonchev–Trinajstić information content (AvgIpc) is 3.37. The Labute approximate surface area is 197 Å². The normalized spacial score (nSPS) is 24.6. The molecule has 32 heavy (non-hydrogen) atoms. The molecule has 4 rings (SSSR count). The summed E-state index contributed by atoms with van der Waals surface area (Å²) in [6.45, 7) is 18.4. The minimum Gasteiger partial charge on any atom is -0.485 e. The molecule has 0 bridgehead atoms. The molecular weight excluding hydrogens is 390 g/mol. The first kappa shape index (κ1) is 24.8. The summed E-state index contributed by atoms with van der Waals surface area (Å²) in [4.78, 5) is 0. The van der Waals surface area contributed by atoms with Crippen LogP contribution in [0.4, 0.5) is 0 Å². The van der Waals surface area contributed by atoms with E-state index in [1.54, 1.807) is 0 Å². The van der Waals surface area contributed by atoms with Crippen LogP contribution in [0.2, 0.25) is 0 Å². The Kier molecular flexibility index (Phi) is 8.44. The fourth-order valence-electron chi connectivity index (χ4n) is 5.30. The number of nitrogens with one attached hydrogen (secondary N) is 1. The van der Waals surface area contributed by atoms with Crippen molar-refractivity contribution in [1.29, 1.82) is 0 Å². The molecule has 2 aliphatic rings. The van der Waals surface area contributed by atoms with Crippen LogP contribution in [0.5, 0.6) is 5.75 Å². The summed E-state index contributed by atoms with van der Waals surface area (Å²) in [5.41, 5.74) is 5.57. The smallest absolute Gasteiger partial charge is 0.127 e. The van der Waals surface area contributed by atoms with Crippen molar-refractivity contribution in [3.8, 4) is 5.75 Å². The molecule has 1 saturated heterocycles. The molecule has 1 aliphatic carbocycles. The summed E-state index contributed by atoms with van der Waals surface area (Å²) in [6.07, 6.45) is 5.04. The standard InChI is InChI=1S/C22H28O.C8H17N/c1-6-16-11-12-20(19(14-16)22(3,4)5)23-21-15(2)13-17-9-7-8-10-18(17)21;1-3-7-5-9-6-8(7)4-2/h7-12,14-15,21H,6,13H2,1-5H3;7-9H,3-6H2,1-2H3/t15-,21?;/m1./s1. The molecule has 0 saturated carbocycles. The number of hydrogen-bond donors (Lipinski definition) is 1. The molecule has 0 radical (unpaired) electrons. The van der Waals surface area contributed by atoms with E-state index in [0.717, 1.165) is 30.4 Å². The molecule has 2 aromatic carbocycles. The highest BCUT2D eigenvalue weighted by Crippen LogP contribution is 2.42. The van der Waals surface area contributed by atoms with Gasteiger partial charge in [0.2, 0.25) is 0 Å². The Bertz CT molecular complexity index is 855. The highest BCUT2D eigenvalue weighted by atomic mass is 16.5. The molecule has 2 nitrogen and oxygen atoms in total. The van der Waals surface area contributed by atoms with Crippen molar-refractivity contribution in [1.82, 2.24) is 5.32 Å². The number of ether oxygens (including phenoxy) is 1. The number of aryl methyl sites for hydroxylation is 1. The van der Waals surface area contributed by atoms with Gasteiger partial charge in [-0.05, 0) is 71.5 Å². The summed E-state index contributed by atoms with van der Waals surface area (Å²) in [6, 6.07) is 15.4. The first-order valence-corrected chi connectivity index (χ1v) is 12.9. The van der Waals surface area contributed by atoms with Crippen molar-refractivity contribution in [3.05, 3.63) is 64.7 Å². The molecule has 1 heterocycles. The highest BCUT2D eigenvalue weighted by molar-refractivity contribution is 5.43. The van der Waals surface area contributed by atoms with Gasteiger partial charge in [0.15, 0.2) is 0 Å². The van der Waals surface area contributed by atoms with Crippen LogP contribution in [0.25, 0.3) is 0 Å². The zero-order chi connectivity index (χ0) is 23.3. The monoisotopic (exact) mass is 435 g/mol. The number of hydrogen-bond acceptors (Lipinski definition) is 2. The lowest BCUT2D eigenvalue weighted by Crippen LogP contribution is -2.17. The predicted octanol–water partition coefficient (Wildman–Crippen LogP) is 7.50. The van der Waals surface area contributed by atoms with Crippen LogP contribution in [0.3, 0.4) is 0 Å². The predicted molar refractivity (Wildman–Crippen MR) is 138 cm³/mol. The fraction of sp³-hybridized carbons (Fsp3) is 0.600. The molecule has 1 fully saturated rings. The summed E-state index contributed by atoms with van der Waals surface area (Å²) in [7, 11) is 0. The van der Waals surface area contributed by atoms with Crippen molar-refractivity contribution in [2.45, 2.75) is 85.7 Å². The summed E-state index contributed by atoms with van der Waals surface area (Å²) in [5.74, 6) is 3.50. The van der Waals surface area contributed by atoms with Crippen molar-refractivity contribution in [2.24, 2.45) is 17.8 Å². The van der Waals surface area contributed by atoms with Gasteiger partial charge in [0.1, 0.15) is 11.9 Å². The van der Waals surface area contributed by atoms with Gasteiger partial charge in [-0.25, -0.2) is 0 Å². The first-order valence-electron chi connectivity index (χ1n) is 12.9. The lowest BCUT2D eigenvalue weighted by Gasteiger charge is -2.27. The van der Waals surface area contributed by atoms with Gasteiger partial charge in [-0.1, -0.05) is 97.7 Å². The number of fused-ring (bicyclic) bond motifs is 1. The van der Waals surface area contributed by atoms with Crippen LogP contribution in [0.1, 0.15) is 89.7 Å². The van der Waals surface area contributed by atoms with E-state index in [4.69, 9.17) is 4.74 Å². The molecular formula is C30H45NO. The second-order valence-corrected chi connectivity index (χ2v) is 10.8. The van der Waals surface area contributed by atoms with E-state index in [1.807, 2.05) is 0 Å². The third-order valence-electron chi connectivity index (χ3n) is 7.46. The van der Waals surface area contributed by atoms with E-state index >= 15 is 0 Å². The number of benzene rings is 2. The Morgan fingerprint density at radius 2 is 1.59 bits per heavy atom. The van der Waals surface area contributed by atoms with Gasteiger partial charge in [0.05, 0.1) is 0 Å². The Balaban J connectivity index is 0.000000269. The Hall–Kier alpha value is -1.80. The van der Waals surface area contributed by atoms with Crippen molar-refractivity contribution in [3.63, 3.8) is 0 Å². The molecule has 0 aromatic heterocycles. The molecule has 0 amide bonds. The molecule has 0 spiro atoms. The zero-order valence-electron chi connectivity index (χ0n) is 21.5. The minimum absolute atomic E-state index is 0.0852. The van der Waals surface area contributed by atoms with Crippen LogP contribution in [0.15, 0.2) is 42.5 Å². The van der Waals surface area contributed by atoms with E-state index in [0.29, 0.717) is 5.92 Å². The van der Waals surface area contributed by atoms with Gasteiger partial charge in [-0.15, -0.1) is 0 Å². The minimum atomic E-state index is 0.0852. The summed E-state index contributed by atoms with van der Waals surface area (Å²) >= 11 is 0. The maximum absolute atomic E-state index is 6.57. The van der Waals surface area contributed by atoms with Crippen LogP contribution >= 0.6 is 0 Å². The van der Waals surface area contributed by atoms with Crippen molar-refractivity contribution >= 4 is 0 Å². The van der Waals surface area contributed by atoms with Crippen molar-refractivity contribution < 1.29 is 4.74 Å². The second kappa shape index (κ2) is 10.9. The number of rotatable bonds is 5. The fourth-order valence-corrected chi connectivity index (χ4v) is 5.30. The first-order chi connectivity index (χ1) is 15.3. The third-order valence-corrected chi connectivity index (χ3v) is 7.46. The largest absolute Gasteiger partial charge is 0.485 e. The van der Waals surface area contributed by atoms with E-state index in [2.05, 4.69) is 96.2 Å². The lowest BCUT2D eigenvalue weighted by atomic mass is 9.85. The van der Waals surface area contributed by atoms with Crippen LogP contribution in [-0.2, 0) is 18.3 Å². The topological polar surface area (TPSA) is 21.3 Å². The quantitative estimate of drug-likeness (QED) is 0.525. The van der Waals surface area contributed by atoms with E-state index in [9.17, 15) is 0 Å². The highest BCUT2D eigenvalue weighted by Gasteiger charge is 2.32. The summed E-state index contributed by atoms with van der Waals surface area (Å²) < 4.78 is 6.57. The van der Waals surface area contributed by atoms with Gasteiger partial charge < -0.3 is 10.1 Å². The molecule has 1 N–H and O–H groups in total. The van der Waals surface area contributed by atoms with E-state index in [1.165, 1.54) is 48.2 Å². The van der Waals surface area contributed by atoms with E-state index in [-0.39, 0.29) is 11.5 Å². The summed E-state index contributed by atoms with van der Waals surface area (Å²) in [5, 5.41) is 3.42. The van der Waals surface area contributed by atoms with Gasteiger partial charge in [-0.3, -0.25) is 0 Å². The molecule has 176 valence electrons. The molecule has 2 heteroatoms. The van der Waals surface area contributed by atoms with Gasteiger partial charge in [-0.2, -0.15) is 0 Å². The molecule has 4 atom stereocenters. The van der Waals surface area contributed by atoms with Crippen LogP contribution < -0.4 is 10.1 Å². The average molecular weight is 436 g/mol. The van der Waals surface area contributed by atoms with Gasteiger partial charge in [0.25, 0.3) is 0 Å². The molecule has 1 aliphatic heterocycles.